The number of hydrogen-bond acceptors (Lipinski definition) is 2. The van der Waals surface area contributed by atoms with Crippen molar-refractivity contribution in [2.75, 3.05) is 0 Å². The molecule has 0 heterocycles. The van der Waals surface area contributed by atoms with E-state index < -0.39 is 36.1 Å². The normalized spacial score (nSPS) is 16.2. The molecule has 24 heavy (non-hydrogen) atoms. The van der Waals surface area contributed by atoms with Crippen molar-refractivity contribution < 1.29 is 40.6 Å². The zero-order chi connectivity index (χ0) is 19.0. The van der Waals surface area contributed by atoms with Gasteiger partial charge in [0.1, 0.15) is 5.75 Å². The number of alkyl halides is 7. The van der Waals surface area contributed by atoms with E-state index in [0.717, 1.165) is 6.07 Å². The van der Waals surface area contributed by atoms with Crippen LogP contribution in [0.15, 0.2) is 24.3 Å². The molecule has 1 rings (SSSR count). The lowest BCUT2D eigenvalue weighted by atomic mass is 9.83. The monoisotopic (exact) mass is 362 g/mol. The summed E-state index contributed by atoms with van der Waals surface area (Å²) in [5.74, 6) is -0.121. The molecule has 1 aromatic carbocycles. The molecular formula is C15H17F7O2. The first-order chi connectivity index (χ1) is 10.6. The number of halogens is 7. The van der Waals surface area contributed by atoms with Crippen LogP contribution < -0.4 is 4.74 Å². The molecule has 1 atom stereocenters. The molecule has 1 N–H and O–H groups in total. The molecule has 0 fully saturated rings. The van der Waals surface area contributed by atoms with Gasteiger partial charge in [0.2, 0.25) is 0 Å². The third-order valence-corrected chi connectivity index (χ3v) is 3.32. The van der Waals surface area contributed by atoms with Crippen molar-refractivity contribution in [1.29, 1.82) is 0 Å². The smallest absolute Gasteiger partial charge is 0.431 e. The van der Waals surface area contributed by atoms with Gasteiger partial charge in [-0.2, -0.15) is 26.3 Å². The summed E-state index contributed by atoms with van der Waals surface area (Å²) in [6, 6.07) is 5.07. The van der Waals surface area contributed by atoms with Crippen LogP contribution >= 0.6 is 0 Å². The van der Waals surface area contributed by atoms with Crippen LogP contribution in [0.1, 0.15) is 32.8 Å². The molecule has 0 aromatic heterocycles. The Morgan fingerprint density at radius 1 is 0.958 bits per heavy atom. The van der Waals surface area contributed by atoms with Crippen LogP contribution in [0.2, 0.25) is 0 Å². The zero-order valence-corrected chi connectivity index (χ0v) is 13.1. The maximum absolute atomic E-state index is 13.9. The van der Waals surface area contributed by atoms with Gasteiger partial charge in [0.05, 0.1) is 11.7 Å². The second kappa shape index (κ2) is 6.42. The largest absolute Gasteiger partial charge is 0.491 e. The van der Waals surface area contributed by atoms with Crippen molar-refractivity contribution in [2.45, 2.75) is 56.9 Å². The SMILES string of the molecule is CC(C)Oc1ccccc1C(C)(O)CC(F)(C(F)(F)F)C(F)(F)F. The van der Waals surface area contributed by atoms with Crippen molar-refractivity contribution >= 4 is 0 Å². The molecule has 0 aliphatic heterocycles. The van der Waals surface area contributed by atoms with E-state index in [1.165, 1.54) is 18.2 Å². The van der Waals surface area contributed by atoms with Gasteiger partial charge >= 0.3 is 18.0 Å². The van der Waals surface area contributed by atoms with Crippen molar-refractivity contribution in [3.63, 3.8) is 0 Å². The van der Waals surface area contributed by atoms with Gasteiger partial charge in [-0.25, -0.2) is 4.39 Å². The molecule has 0 radical (unpaired) electrons. The molecule has 2 nitrogen and oxygen atoms in total. The van der Waals surface area contributed by atoms with E-state index in [4.69, 9.17) is 4.74 Å². The Bertz CT molecular complexity index is 548. The van der Waals surface area contributed by atoms with Crippen molar-refractivity contribution in [1.82, 2.24) is 0 Å². The van der Waals surface area contributed by atoms with Crippen LogP contribution in [0.3, 0.4) is 0 Å². The summed E-state index contributed by atoms with van der Waals surface area (Å²) >= 11 is 0. The first kappa shape index (κ1) is 20.5. The first-order valence-electron chi connectivity index (χ1n) is 6.93. The average molecular weight is 362 g/mol. The van der Waals surface area contributed by atoms with E-state index in [2.05, 4.69) is 0 Å². The lowest BCUT2D eigenvalue weighted by molar-refractivity contribution is -0.352. The van der Waals surface area contributed by atoms with Gasteiger partial charge < -0.3 is 9.84 Å². The molecule has 1 unspecified atom stereocenters. The molecule has 138 valence electrons. The van der Waals surface area contributed by atoms with Gasteiger partial charge in [-0.3, -0.25) is 0 Å². The Morgan fingerprint density at radius 3 is 1.83 bits per heavy atom. The van der Waals surface area contributed by atoms with E-state index in [1.54, 1.807) is 13.8 Å². The van der Waals surface area contributed by atoms with E-state index >= 15 is 0 Å². The minimum Gasteiger partial charge on any atom is -0.491 e. The Labute approximate surface area is 134 Å². The summed E-state index contributed by atoms with van der Waals surface area (Å²) in [6.07, 6.45) is -15.2. The molecule has 0 aliphatic rings. The fourth-order valence-corrected chi connectivity index (χ4v) is 2.20. The zero-order valence-electron chi connectivity index (χ0n) is 13.1. The van der Waals surface area contributed by atoms with E-state index in [0.29, 0.717) is 6.92 Å². The third kappa shape index (κ3) is 4.12. The Morgan fingerprint density at radius 2 is 1.42 bits per heavy atom. The topological polar surface area (TPSA) is 29.5 Å². The molecule has 1 aromatic rings. The number of hydrogen-bond donors (Lipinski definition) is 1. The van der Waals surface area contributed by atoms with Crippen LogP contribution in [0, 0.1) is 0 Å². The number of para-hydroxylation sites is 1. The molecule has 0 spiro atoms. The first-order valence-corrected chi connectivity index (χ1v) is 6.93. The quantitative estimate of drug-likeness (QED) is 0.755. The van der Waals surface area contributed by atoms with E-state index in [1.807, 2.05) is 0 Å². The molecular weight excluding hydrogens is 345 g/mol. The number of aliphatic hydroxyl groups is 1. The van der Waals surface area contributed by atoms with Crippen LogP contribution in [-0.4, -0.2) is 29.2 Å². The Kier molecular flexibility index (Phi) is 5.49. The van der Waals surface area contributed by atoms with Crippen molar-refractivity contribution in [3.8, 4) is 5.75 Å². The lowest BCUT2D eigenvalue weighted by Crippen LogP contribution is -2.56. The van der Waals surface area contributed by atoms with E-state index in [9.17, 15) is 35.8 Å². The summed E-state index contributed by atoms with van der Waals surface area (Å²) in [7, 11) is 0. The Hall–Kier alpha value is -1.51. The van der Waals surface area contributed by atoms with Gasteiger partial charge in [0.25, 0.3) is 0 Å². The maximum atomic E-state index is 13.9. The third-order valence-electron chi connectivity index (χ3n) is 3.32. The van der Waals surface area contributed by atoms with Crippen LogP contribution in [0.4, 0.5) is 30.7 Å². The summed E-state index contributed by atoms with van der Waals surface area (Å²) in [4.78, 5) is 0. The molecule has 0 saturated carbocycles. The highest BCUT2D eigenvalue weighted by atomic mass is 19.4. The molecule has 0 saturated heterocycles. The maximum Gasteiger partial charge on any atom is 0.431 e. The number of ether oxygens (including phenoxy) is 1. The molecule has 0 aliphatic carbocycles. The second-order valence-corrected chi connectivity index (χ2v) is 5.91. The van der Waals surface area contributed by atoms with Crippen molar-refractivity contribution in [3.05, 3.63) is 29.8 Å². The minimum absolute atomic E-state index is 0.121. The van der Waals surface area contributed by atoms with Crippen molar-refractivity contribution in [2.24, 2.45) is 0 Å². The fraction of sp³-hybridized carbons (Fsp3) is 0.600. The highest BCUT2D eigenvalue weighted by Gasteiger charge is 2.73. The predicted octanol–water partition coefficient (Wildman–Crippen LogP) is 4.90. The van der Waals surface area contributed by atoms with Gasteiger partial charge in [-0.05, 0) is 26.8 Å². The summed E-state index contributed by atoms with van der Waals surface area (Å²) in [6.45, 7) is 3.84. The minimum atomic E-state index is -6.23. The highest BCUT2D eigenvalue weighted by Crippen LogP contribution is 2.52. The van der Waals surface area contributed by atoms with Crippen LogP contribution in [0.5, 0.6) is 5.75 Å². The van der Waals surface area contributed by atoms with E-state index in [-0.39, 0.29) is 11.3 Å². The standard InChI is InChI=1S/C15H17F7O2/c1-9(2)24-11-7-5-4-6-10(11)12(3,23)8-13(16,14(17,18)19)15(20,21)22/h4-7,9,23H,8H2,1-3H3. The van der Waals surface area contributed by atoms with Gasteiger partial charge in [0.15, 0.2) is 0 Å². The average Bonchev–Trinajstić information content (AvgIpc) is 2.35. The van der Waals surface area contributed by atoms with Gasteiger partial charge in [-0.1, -0.05) is 18.2 Å². The predicted molar refractivity (Wildman–Crippen MR) is 72.3 cm³/mol. The van der Waals surface area contributed by atoms with Gasteiger partial charge in [0, 0.05) is 12.0 Å². The molecule has 0 bridgehead atoms. The number of rotatable bonds is 5. The van der Waals surface area contributed by atoms with Crippen LogP contribution in [0.25, 0.3) is 0 Å². The van der Waals surface area contributed by atoms with Crippen LogP contribution in [-0.2, 0) is 5.60 Å². The fourth-order valence-electron chi connectivity index (χ4n) is 2.20. The molecule has 9 heteroatoms. The summed E-state index contributed by atoms with van der Waals surface area (Å²) < 4.78 is 95.5. The van der Waals surface area contributed by atoms with Gasteiger partial charge in [-0.15, -0.1) is 0 Å². The highest BCUT2D eigenvalue weighted by molar-refractivity contribution is 5.38. The molecule has 0 amide bonds. The lowest BCUT2D eigenvalue weighted by Gasteiger charge is -2.36. The summed E-state index contributed by atoms with van der Waals surface area (Å²) in [5, 5.41) is 10.2. The Balaban J connectivity index is 3.35. The second-order valence-electron chi connectivity index (χ2n) is 5.91. The summed E-state index contributed by atoms with van der Waals surface area (Å²) in [5.41, 5.74) is -8.70. The number of benzene rings is 1.